The molecule has 0 saturated carbocycles. The summed E-state index contributed by atoms with van der Waals surface area (Å²) in [7, 11) is 1.72. The number of halogens is 1. The molecule has 5 rings (SSSR count). The number of likely N-dealkylation sites (tertiary alicyclic amines) is 1. The lowest BCUT2D eigenvalue weighted by Crippen LogP contribution is -2.37. The predicted molar refractivity (Wildman–Crippen MR) is 134 cm³/mol. The van der Waals surface area contributed by atoms with Crippen molar-refractivity contribution in [2.24, 2.45) is 0 Å². The fourth-order valence-corrected chi connectivity index (χ4v) is 5.42. The van der Waals surface area contributed by atoms with Crippen molar-refractivity contribution in [3.05, 3.63) is 81.7 Å². The zero-order valence-electron chi connectivity index (χ0n) is 19.2. The maximum Gasteiger partial charge on any atom is 0.335 e. The molecule has 0 aliphatic carbocycles. The predicted octanol–water partition coefficient (Wildman–Crippen LogP) is 5.72. The fourth-order valence-electron chi connectivity index (χ4n) is 5.12. The Kier molecular flexibility index (Phi) is 6.18. The van der Waals surface area contributed by atoms with Gasteiger partial charge in [-0.3, -0.25) is 9.58 Å². The largest absolute Gasteiger partial charge is 0.496 e. The molecule has 176 valence electrons. The van der Waals surface area contributed by atoms with Gasteiger partial charge in [-0.15, -0.1) is 0 Å². The molecule has 0 unspecified atom stereocenters. The van der Waals surface area contributed by atoms with Gasteiger partial charge in [0, 0.05) is 48.0 Å². The summed E-state index contributed by atoms with van der Waals surface area (Å²) in [5.41, 5.74) is 4.86. The van der Waals surface area contributed by atoms with Gasteiger partial charge in [0.25, 0.3) is 0 Å². The second kappa shape index (κ2) is 9.27. The fraction of sp³-hybridized carbons (Fsp3) is 0.308. The number of carbonyl (C=O) groups is 1. The Labute approximate surface area is 206 Å². The van der Waals surface area contributed by atoms with E-state index in [0.29, 0.717) is 5.56 Å². The summed E-state index contributed by atoms with van der Waals surface area (Å²) in [6.07, 6.45) is 7.68. The lowest BCUT2D eigenvalue weighted by molar-refractivity contribution is 0.0696. The molecule has 3 heterocycles. The van der Waals surface area contributed by atoms with E-state index in [9.17, 15) is 9.90 Å². The molecule has 0 amide bonds. The quantitative estimate of drug-likeness (QED) is 0.338. The van der Waals surface area contributed by atoms with E-state index in [1.807, 2.05) is 35.4 Å². The van der Waals surface area contributed by atoms with Gasteiger partial charge in [0.15, 0.2) is 0 Å². The average molecular weight is 523 g/mol. The number of ether oxygens (including phenoxy) is 1. The Morgan fingerprint density at radius 2 is 2.09 bits per heavy atom. The zero-order chi connectivity index (χ0) is 23.8. The van der Waals surface area contributed by atoms with Crippen molar-refractivity contribution in [1.82, 2.24) is 19.7 Å². The highest BCUT2D eigenvalue weighted by atomic mass is 79.9. The minimum atomic E-state index is -0.912. The average Bonchev–Trinajstić information content (AvgIpc) is 3.51. The number of aromatic nitrogens is 3. The molecule has 2 atom stereocenters. The molecule has 1 aliphatic rings. The van der Waals surface area contributed by atoms with E-state index < -0.39 is 5.97 Å². The summed E-state index contributed by atoms with van der Waals surface area (Å²) < 4.78 is 8.80. The Balaban J connectivity index is 1.51. The molecule has 0 spiro atoms. The lowest BCUT2D eigenvalue weighted by atomic mass is 9.90. The van der Waals surface area contributed by atoms with Crippen LogP contribution in [-0.2, 0) is 6.54 Å². The van der Waals surface area contributed by atoms with Crippen LogP contribution in [0.2, 0.25) is 0 Å². The lowest BCUT2D eigenvalue weighted by Gasteiger charge is -2.40. The number of carboxylic acid groups (broad SMARTS) is 1. The molecule has 4 aromatic rings. The van der Waals surface area contributed by atoms with Gasteiger partial charge < -0.3 is 14.8 Å². The topological polar surface area (TPSA) is 83.4 Å². The van der Waals surface area contributed by atoms with E-state index in [2.05, 4.69) is 50.0 Å². The number of methoxy groups -OCH3 is 1. The van der Waals surface area contributed by atoms with Crippen LogP contribution in [-0.4, -0.2) is 44.4 Å². The first kappa shape index (κ1) is 22.7. The molecule has 1 saturated heterocycles. The second-order valence-corrected chi connectivity index (χ2v) is 9.79. The summed E-state index contributed by atoms with van der Waals surface area (Å²) in [5, 5.41) is 15.1. The first-order valence-corrected chi connectivity index (χ1v) is 12.1. The first-order chi connectivity index (χ1) is 16.4. The molecule has 2 aromatic carbocycles. The summed E-state index contributed by atoms with van der Waals surface area (Å²) in [6, 6.07) is 11.9. The number of carboxylic acids is 1. The van der Waals surface area contributed by atoms with Gasteiger partial charge in [-0.05, 0) is 71.1 Å². The molecule has 2 aromatic heterocycles. The summed E-state index contributed by atoms with van der Waals surface area (Å²) in [5.74, 6) is -0.0201. The van der Waals surface area contributed by atoms with Crippen LogP contribution < -0.4 is 4.74 Å². The van der Waals surface area contributed by atoms with Crippen LogP contribution in [0.5, 0.6) is 5.75 Å². The SMILES string of the molecule is COc1cc(C)c2[nH]ccc2c1CN1CC[C@H](n2cc(Br)cn2)C[C@H]1c1ccc(C(=O)O)cc1. The van der Waals surface area contributed by atoms with Crippen LogP contribution in [0, 0.1) is 6.92 Å². The summed E-state index contributed by atoms with van der Waals surface area (Å²) in [4.78, 5) is 17.2. The Morgan fingerprint density at radius 3 is 2.76 bits per heavy atom. The highest BCUT2D eigenvalue weighted by Gasteiger charge is 2.32. The van der Waals surface area contributed by atoms with Crippen molar-refractivity contribution in [3.63, 3.8) is 0 Å². The number of H-pyrrole nitrogens is 1. The minimum Gasteiger partial charge on any atom is -0.496 e. The van der Waals surface area contributed by atoms with Gasteiger partial charge in [0.05, 0.1) is 29.4 Å². The van der Waals surface area contributed by atoms with Gasteiger partial charge in [0.1, 0.15) is 5.75 Å². The maximum atomic E-state index is 11.4. The van der Waals surface area contributed by atoms with E-state index in [1.165, 1.54) is 5.39 Å². The van der Waals surface area contributed by atoms with E-state index in [-0.39, 0.29) is 12.1 Å². The number of rotatable bonds is 6. The Morgan fingerprint density at radius 1 is 1.29 bits per heavy atom. The van der Waals surface area contributed by atoms with Crippen LogP contribution in [0.25, 0.3) is 10.9 Å². The number of aromatic amines is 1. The van der Waals surface area contributed by atoms with Gasteiger partial charge in [-0.1, -0.05) is 12.1 Å². The number of hydrogen-bond donors (Lipinski definition) is 2. The minimum absolute atomic E-state index is 0.115. The van der Waals surface area contributed by atoms with Crippen molar-refractivity contribution in [2.75, 3.05) is 13.7 Å². The summed E-state index contributed by atoms with van der Waals surface area (Å²) >= 11 is 3.51. The third kappa shape index (κ3) is 4.23. The number of fused-ring (bicyclic) bond motifs is 1. The van der Waals surface area contributed by atoms with Crippen molar-refractivity contribution >= 4 is 32.8 Å². The Hall–Kier alpha value is -3.10. The van der Waals surface area contributed by atoms with Crippen molar-refractivity contribution in [1.29, 1.82) is 0 Å². The van der Waals surface area contributed by atoms with E-state index >= 15 is 0 Å². The van der Waals surface area contributed by atoms with Gasteiger partial charge in [-0.25, -0.2) is 4.79 Å². The Bertz CT molecular complexity index is 1330. The van der Waals surface area contributed by atoms with Crippen LogP contribution in [0.3, 0.4) is 0 Å². The normalized spacial score (nSPS) is 18.9. The number of nitrogens with zero attached hydrogens (tertiary/aromatic N) is 3. The van der Waals surface area contributed by atoms with Gasteiger partial charge >= 0.3 is 5.97 Å². The number of benzene rings is 2. The van der Waals surface area contributed by atoms with E-state index in [4.69, 9.17) is 4.74 Å². The maximum absolute atomic E-state index is 11.4. The molecule has 1 fully saturated rings. The van der Waals surface area contributed by atoms with Crippen molar-refractivity contribution < 1.29 is 14.6 Å². The third-order valence-electron chi connectivity index (χ3n) is 6.86. The molecule has 34 heavy (non-hydrogen) atoms. The van der Waals surface area contributed by atoms with E-state index in [0.717, 1.165) is 58.4 Å². The van der Waals surface area contributed by atoms with Crippen molar-refractivity contribution in [3.8, 4) is 5.75 Å². The van der Waals surface area contributed by atoms with Crippen LogP contribution in [0.15, 0.2) is 59.5 Å². The number of piperidine rings is 1. The number of nitrogens with one attached hydrogen (secondary N) is 1. The molecular formula is C26H27BrN4O3. The highest BCUT2D eigenvalue weighted by molar-refractivity contribution is 9.10. The smallest absolute Gasteiger partial charge is 0.335 e. The van der Waals surface area contributed by atoms with Crippen LogP contribution in [0.1, 0.15) is 52.0 Å². The molecule has 7 nitrogen and oxygen atoms in total. The number of aryl methyl sites for hydroxylation is 1. The molecule has 2 N–H and O–H groups in total. The van der Waals surface area contributed by atoms with Crippen LogP contribution >= 0.6 is 15.9 Å². The standard InChI is InChI=1S/C26H27BrN4O3/c1-16-11-24(34-2)22(21-7-9-28-25(16)21)15-30-10-8-20(31-14-19(27)13-29-31)12-23(30)17-3-5-18(6-4-17)26(32)33/h3-7,9,11,13-14,20,23,28H,8,10,12,15H2,1-2H3,(H,32,33)/t20-,23-/m0/s1. The van der Waals surface area contributed by atoms with E-state index in [1.54, 1.807) is 19.2 Å². The van der Waals surface area contributed by atoms with Crippen LogP contribution in [0.4, 0.5) is 0 Å². The zero-order valence-corrected chi connectivity index (χ0v) is 20.7. The molecular weight excluding hydrogens is 496 g/mol. The van der Waals surface area contributed by atoms with Crippen molar-refractivity contribution in [2.45, 2.75) is 38.4 Å². The molecule has 8 heteroatoms. The summed E-state index contributed by atoms with van der Waals surface area (Å²) in [6.45, 7) is 3.71. The molecule has 0 radical (unpaired) electrons. The van der Waals surface area contributed by atoms with Gasteiger partial charge in [-0.2, -0.15) is 5.10 Å². The monoisotopic (exact) mass is 522 g/mol. The first-order valence-electron chi connectivity index (χ1n) is 11.3. The van der Waals surface area contributed by atoms with Gasteiger partial charge in [0.2, 0.25) is 0 Å². The number of aromatic carboxylic acids is 1. The number of hydrogen-bond acceptors (Lipinski definition) is 4. The highest BCUT2D eigenvalue weighted by Crippen LogP contribution is 2.40. The third-order valence-corrected chi connectivity index (χ3v) is 7.27. The molecule has 1 aliphatic heterocycles. The second-order valence-electron chi connectivity index (χ2n) is 8.87. The molecule has 0 bridgehead atoms.